The zero-order chi connectivity index (χ0) is 21.8. The third kappa shape index (κ3) is 4.66. The van der Waals surface area contributed by atoms with Gasteiger partial charge in [0.1, 0.15) is 0 Å². The first-order valence-corrected chi connectivity index (χ1v) is 10.6. The van der Waals surface area contributed by atoms with Gasteiger partial charge in [-0.25, -0.2) is 0 Å². The summed E-state index contributed by atoms with van der Waals surface area (Å²) in [6.07, 6.45) is 6.52. The lowest BCUT2D eigenvalue weighted by molar-refractivity contribution is 0.0782. The van der Waals surface area contributed by atoms with Crippen molar-refractivity contribution in [3.63, 3.8) is 0 Å². The highest BCUT2D eigenvalue weighted by Gasteiger charge is 2.27. The minimum atomic E-state index is -0.124. The average Bonchev–Trinajstić information content (AvgIpc) is 3.22. The summed E-state index contributed by atoms with van der Waals surface area (Å²) < 4.78 is 1.92. The third-order valence-corrected chi connectivity index (χ3v) is 5.90. The van der Waals surface area contributed by atoms with E-state index in [4.69, 9.17) is 0 Å². The maximum Gasteiger partial charge on any atom is 0.257 e. The summed E-state index contributed by atoms with van der Waals surface area (Å²) >= 11 is 0. The van der Waals surface area contributed by atoms with Gasteiger partial charge in [0.25, 0.3) is 11.8 Å². The summed E-state index contributed by atoms with van der Waals surface area (Å²) in [4.78, 5) is 31.2. The second-order valence-corrected chi connectivity index (χ2v) is 8.13. The highest BCUT2D eigenvalue weighted by molar-refractivity contribution is 5.95. The molecule has 0 fully saturated rings. The number of hydrogen-bond donors (Lipinski definition) is 1. The molecule has 1 aromatic carbocycles. The van der Waals surface area contributed by atoms with E-state index in [0.717, 1.165) is 24.2 Å². The Morgan fingerprint density at radius 3 is 2.81 bits per heavy atom. The van der Waals surface area contributed by atoms with Crippen LogP contribution in [0.1, 0.15) is 44.0 Å². The van der Waals surface area contributed by atoms with Crippen LogP contribution in [0.25, 0.3) is 0 Å². The Hall–Kier alpha value is -3.48. The van der Waals surface area contributed by atoms with E-state index in [1.54, 1.807) is 35.6 Å². The van der Waals surface area contributed by atoms with Gasteiger partial charge in [-0.1, -0.05) is 24.3 Å². The van der Waals surface area contributed by atoms with E-state index >= 15 is 0 Å². The molecule has 0 bridgehead atoms. The van der Waals surface area contributed by atoms with Crippen molar-refractivity contribution in [2.24, 2.45) is 5.92 Å². The van der Waals surface area contributed by atoms with Gasteiger partial charge >= 0.3 is 0 Å². The molecule has 0 saturated heterocycles. The molecule has 3 heterocycles. The van der Waals surface area contributed by atoms with E-state index in [0.29, 0.717) is 30.6 Å². The number of nitrogens with zero attached hydrogens (tertiary/aromatic N) is 4. The number of aromatic nitrogens is 3. The Kier molecular flexibility index (Phi) is 6.11. The van der Waals surface area contributed by atoms with E-state index in [1.165, 1.54) is 5.56 Å². The van der Waals surface area contributed by atoms with Gasteiger partial charge in [0.05, 0.1) is 23.0 Å². The van der Waals surface area contributed by atoms with E-state index in [-0.39, 0.29) is 17.7 Å². The molecule has 0 unspecified atom stereocenters. The monoisotopic (exact) mass is 417 g/mol. The van der Waals surface area contributed by atoms with Crippen LogP contribution in [0.5, 0.6) is 0 Å². The van der Waals surface area contributed by atoms with Crippen LogP contribution in [0.2, 0.25) is 0 Å². The zero-order valence-corrected chi connectivity index (χ0v) is 17.9. The van der Waals surface area contributed by atoms with Crippen molar-refractivity contribution in [2.45, 2.75) is 32.9 Å². The lowest BCUT2D eigenvalue weighted by Crippen LogP contribution is -2.34. The smallest absolute Gasteiger partial charge is 0.257 e. The number of benzene rings is 1. The van der Waals surface area contributed by atoms with E-state index in [2.05, 4.69) is 28.4 Å². The van der Waals surface area contributed by atoms with Crippen LogP contribution >= 0.6 is 0 Å². The predicted octanol–water partition coefficient (Wildman–Crippen LogP) is 2.85. The van der Waals surface area contributed by atoms with Crippen LogP contribution in [-0.4, -0.2) is 45.1 Å². The Morgan fingerprint density at radius 1 is 1.19 bits per heavy atom. The Labute approximate surface area is 182 Å². The maximum absolute atomic E-state index is 13.1. The number of carbonyl (C=O) groups is 2. The van der Waals surface area contributed by atoms with Crippen molar-refractivity contribution in [3.05, 3.63) is 82.9 Å². The Bertz CT molecular complexity index is 1080. The molecular formula is C24H27N5O2. The standard InChI is InChI=1S/C24H27N5O2/c1-17-6-3-4-7-20(17)16-28(2)24(31)21-15-27-29-11-9-18(12-22(21)29)13-26-23(30)19-8-5-10-25-14-19/h3-8,10,14-15,18H,9,11-13,16H2,1-2H3,(H,26,30)/t18-/m0/s1. The molecule has 7 heteroatoms. The summed E-state index contributed by atoms with van der Waals surface area (Å²) in [6, 6.07) is 11.6. The molecule has 1 aliphatic heterocycles. The number of pyridine rings is 1. The van der Waals surface area contributed by atoms with Gasteiger partial charge in [-0.3, -0.25) is 19.3 Å². The number of rotatable bonds is 6. The average molecular weight is 418 g/mol. The summed E-state index contributed by atoms with van der Waals surface area (Å²) in [5.41, 5.74) is 4.46. The number of carbonyl (C=O) groups excluding carboxylic acids is 2. The first-order chi connectivity index (χ1) is 15.0. The fourth-order valence-corrected chi connectivity index (χ4v) is 4.01. The molecule has 2 aromatic heterocycles. The van der Waals surface area contributed by atoms with Crippen LogP contribution in [0.3, 0.4) is 0 Å². The van der Waals surface area contributed by atoms with Gasteiger partial charge in [0.2, 0.25) is 0 Å². The van der Waals surface area contributed by atoms with Gasteiger partial charge in [0, 0.05) is 39.1 Å². The summed E-state index contributed by atoms with van der Waals surface area (Å²) in [5, 5.41) is 7.43. The predicted molar refractivity (Wildman–Crippen MR) is 118 cm³/mol. The van der Waals surface area contributed by atoms with Crippen molar-refractivity contribution in [3.8, 4) is 0 Å². The first kappa shape index (κ1) is 20.8. The van der Waals surface area contributed by atoms with Gasteiger partial charge in [-0.05, 0) is 48.9 Å². The van der Waals surface area contributed by atoms with Crippen molar-refractivity contribution >= 4 is 11.8 Å². The minimum Gasteiger partial charge on any atom is -0.352 e. The molecule has 3 aromatic rings. The maximum atomic E-state index is 13.1. The van der Waals surface area contributed by atoms with Gasteiger partial charge in [-0.15, -0.1) is 0 Å². The van der Waals surface area contributed by atoms with Gasteiger partial charge in [0.15, 0.2) is 0 Å². The summed E-state index contributed by atoms with van der Waals surface area (Å²) in [5.74, 6) is 0.115. The van der Waals surface area contributed by atoms with Gasteiger partial charge < -0.3 is 10.2 Å². The largest absolute Gasteiger partial charge is 0.352 e. The lowest BCUT2D eigenvalue weighted by atomic mass is 9.94. The molecule has 7 nitrogen and oxygen atoms in total. The molecule has 1 aliphatic rings. The highest BCUT2D eigenvalue weighted by Crippen LogP contribution is 2.24. The molecule has 31 heavy (non-hydrogen) atoms. The fraction of sp³-hybridized carbons (Fsp3) is 0.333. The van der Waals surface area contributed by atoms with E-state index in [9.17, 15) is 9.59 Å². The molecule has 1 N–H and O–H groups in total. The molecule has 4 rings (SSSR count). The molecule has 1 atom stereocenters. The zero-order valence-electron chi connectivity index (χ0n) is 17.9. The molecule has 0 radical (unpaired) electrons. The lowest BCUT2D eigenvalue weighted by Gasteiger charge is -2.25. The van der Waals surface area contributed by atoms with Crippen molar-refractivity contribution in [1.29, 1.82) is 0 Å². The van der Waals surface area contributed by atoms with E-state index < -0.39 is 0 Å². The molecule has 0 saturated carbocycles. The number of aryl methyl sites for hydroxylation is 2. The summed E-state index contributed by atoms with van der Waals surface area (Å²) in [6.45, 7) is 3.92. The normalized spacial score (nSPS) is 15.2. The fourth-order valence-electron chi connectivity index (χ4n) is 4.01. The number of hydrogen-bond acceptors (Lipinski definition) is 4. The Balaban J connectivity index is 1.40. The van der Waals surface area contributed by atoms with Crippen LogP contribution in [0.15, 0.2) is 55.0 Å². The third-order valence-electron chi connectivity index (χ3n) is 5.90. The topological polar surface area (TPSA) is 80.1 Å². The van der Waals surface area contributed by atoms with Crippen LogP contribution in [0, 0.1) is 12.8 Å². The molecule has 0 aliphatic carbocycles. The van der Waals surface area contributed by atoms with Crippen molar-refractivity contribution in [1.82, 2.24) is 25.0 Å². The van der Waals surface area contributed by atoms with Crippen molar-refractivity contribution < 1.29 is 9.59 Å². The van der Waals surface area contributed by atoms with Gasteiger partial charge in [-0.2, -0.15) is 5.10 Å². The van der Waals surface area contributed by atoms with Crippen LogP contribution in [0.4, 0.5) is 0 Å². The molecular weight excluding hydrogens is 390 g/mol. The van der Waals surface area contributed by atoms with Crippen LogP contribution < -0.4 is 5.32 Å². The van der Waals surface area contributed by atoms with Crippen LogP contribution in [-0.2, 0) is 19.5 Å². The summed E-state index contributed by atoms with van der Waals surface area (Å²) in [7, 11) is 1.83. The quantitative estimate of drug-likeness (QED) is 0.669. The minimum absolute atomic E-state index is 0.0236. The molecule has 2 amide bonds. The number of nitrogens with one attached hydrogen (secondary N) is 1. The van der Waals surface area contributed by atoms with E-state index in [1.807, 2.05) is 29.9 Å². The number of fused-ring (bicyclic) bond motifs is 1. The molecule has 0 spiro atoms. The molecule has 160 valence electrons. The second kappa shape index (κ2) is 9.12. The highest BCUT2D eigenvalue weighted by atomic mass is 16.2. The SMILES string of the molecule is Cc1ccccc1CN(C)C(=O)c1cnn2c1C[C@@H](CNC(=O)c1cccnc1)CC2. The first-order valence-electron chi connectivity index (χ1n) is 10.6. The number of amides is 2. The van der Waals surface area contributed by atoms with Crippen molar-refractivity contribution in [2.75, 3.05) is 13.6 Å². The Morgan fingerprint density at radius 2 is 2.03 bits per heavy atom. The second-order valence-electron chi connectivity index (χ2n) is 8.13.